The van der Waals surface area contributed by atoms with Gasteiger partial charge in [0.2, 0.25) is 0 Å². The van der Waals surface area contributed by atoms with Crippen molar-refractivity contribution >= 4 is 22.5 Å². The lowest BCUT2D eigenvalue weighted by atomic mass is 10.1. The molecule has 0 radical (unpaired) electrons. The SMILES string of the molecule is FC(F)(Cn1ccc2cc(Cl)ccc21)c1ccccc1. The van der Waals surface area contributed by atoms with Crippen LogP contribution in [0.4, 0.5) is 8.78 Å². The molecule has 0 bridgehead atoms. The van der Waals surface area contributed by atoms with E-state index in [-0.39, 0.29) is 12.1 Å². The first-order valence-corrected chi connectivity index (χ1v) is 6.62. The van der Waals surface area contributed by atoms with E-state index >= 15 is 0 Å². The highest BCUT2D eigenvalue weighted by Gasteiger charge is 2.32. The van der Waals surface area contributed by atoms with Crippen molar-refractivity contribution in [2.24, 2.45) is 0 Å². The Labute approximate surface area is 120 Å². The van der Waals surface area contributed by atoms with Gasteiger partial charge in [-0.3, -0.25) is 0 Å². The molecule has 0 atom stereocenters. The molecule has 0 spiro atoms. The molecular weight excluding hydrogens is 280 g/mol. The predicted octanol–water partition coefficient (Wildman–Crippen LogP) is 5.09. The highest BCUT2D eigenvalue weighted by molar-refractivity contribution is 6.31. The average molecular weight is 292 g/mol. The van der Waals surface area contributed by atoms with Gasteiger partial charge in [-0.1, -0.05) is 41.9 Å². The van der Waals surface area contributed by atoms with Crippen LogP contribution in [-0.4, -0.2) is 4.57 Å². The Morgan fingerprint density at radius 3 is 2.50 bits per heavy atom. The summed E-state index contributed by atoms with van der Waals surface area (Å²) in [7, 11) is 0. The summed E-state index contributed by atoms with van der Waals surface area (Å²) in [6, 6.07) is 14.9. The van der Waals surface area contributed by atoms with Crippen LogP contribution in [-0.2, 0) is 12.5 Å². The summed E-state index contributed by atoms with van der Waals surface area (Å²) in [5, 5.41) is 1.46. The molecule has 4 heteroatoms. The lowest BCUT2D eigenvalue weighted by Crippen LogP contribution is -2.20. The predicted molar refractivity (Wildman–Crippen MR) is 77.3 cm³/mol. The second-order valence-electron chi connectivity index (χ2n) is 4.72. The Morgan fingerprint density at radius 1 is 1.00 bits per heavy atom. The first kappa shape index (κ1) is 13.1. The summed E-state index contributed by atoms with van der Waals surface area (Å²) in [6.45, 7) is -0.387. The number of rotatable bonds is 3. The molecule has 0 unspecified atom stereocenters. The zero-order valence-corrected chi connectivity index (χ0v) is 11.3. The van der Waals surface area contributed by atoms with E-state index in [1.807, 2.05) is 0 Å². The lowest BCUT2D eigenvalue weighted by Gasteiger charge is -2.18. The molecule has 0 saturated heterocycles. The van der Waals surface area contributed by atoms with Crippen molar-refractivity contribution in [2.45, 2.75) is 12.5 Å². The summed E-state index contributed by atoms with van der Waals surface area (Å²) in [4.78, 5) is 0. The molecule has 1 aromatic heterocycles. The third-order valence-electron chi connectivity index (χ3n) is 3.30. The Balaban J connectivity index is 1.97. The zero-order chi connectivity index (χ0) is 14.2. The minimum absolute atomic E-state index is 0.0239. The normalized spacial score (nSPS) is 11.9. The van der Waals surface area contributed by atoms with E-state index in [1.165, 1.54) is 12.1 Å². The molecule has 3 aromatic rings. The Morgan fingerprint density at radius 2 is 1.75 bits per heavy atom. The maximum Gasteiger partial charge on any atom is 0.290 e. The van der Waals surface area contributed by atoms with Gasteiger partial charge in [-0.15, -0.1) is 0 Å². The highest BCUT2D eigenvalue weighted by atomic mass is 35.5. The van der Waals surface area contributed by atoms with Gasteiger partial charge < -0.3 is 4.57 Å². The van der Waals surface area contributed by atoms with Gasteiger partial charge in [0.25, 0.3) is 5.92 Å². The van der Waals surface area contributed by atoms with Gasteiger partial charge in [-0.25, -0.2) is 0 Å². The number of nitrogens with zero attached hydrogens (tertiary/aromatic N) is 1. The van der Waals surface area contributed by atoms with Gasteiger partial charge in [0.1, 0.15) is 0 Å². The second-order valence-corrected chi connectivity index (χ2v) is 5.15. The number of halogens is 3. The van der Waals surface area contributed by atoms with Crippen molar-refractivity contribution in [2.75, 3.05) is 0 Å². The Bertz CT molecular complexity index is 735. The first-order chi connectivity index (χ1) is 9.56. The monoisotopic (exact) mass is 291 g/mol. The van der Waals surface area contributed by atoms with E-state index in [9.17, 15) is 8.78 Å². The summed E-state index contributed by atoms with van der Waals surface area (Å²) in [5.41, 5.74) is 0.779. The zero-order valence-electron chi connectivity index (χ0n) is 10.6. The third-order valence-corrected chi connectivity index (χ3v) is 3.53. The summed E-state index contributed by atoms with van der Waals surface area (Å²) >= 11 is 5.90. The molecule has 1 heterocycles. The fraction of sp³-hybridized carbons (Fsp3) is 0.125. The van der Waals surface area contributed by atoms with Gasteiger partial charge in [0, 0.05) is 27.7 Å². The second kappa shape index (κ2) is 4.91. The fourth-order valence-corrected chi connectivity index (χ4v) is 2.48. The summed E-state index contributed by atoms with van der Waals surface area (Å²) in [6.07, 6.45) is 1.66. The standard InChI is InChI=1S/C16H12ClF2N/c17-14-6-7-15-12(10-14)8-9-20(15)11-16(18,19)13-4-2-1-3-5-13/h1-10H,11H2. The first-order valence-electron chi connectivity index (χ1n) is 6.24. The molecule has 2 aromatic carbocycles. The van der Waals surface area contributed by atoms with Crippen LogP contribution in [0.15, 0.2) is 60.8 Å². The minimum Gasteiger partial charge on any atom is -0.341 e. The van der Waals surface area contributed by atoms with Crippen molar-refractivity contribution in [1.29, 1.82) is 0 Å². The van der Waals surface area contributed by atoms with Crippen molar-refractivity contribution in [3.8, 4) is 0 Å². The molecule has 0 saturated carbocycles. The van der Waals surface area contributed by atoms with E-state index in [0.717, 1.165) is 10.9 Å². The van der Waals surface area contributed by atoms with Gasteiger partial charge in [0.15, 0.2) is 0 Å². The molecule has 0 aliphatic rings. The van der Waals surface area contributed by atoms with Gasteiger partial charge in [-0.2, -0.15) is 8.78 Å². The maximum atomic E-state index is 14.3. The molecule has 0 fully saturated rings. The minimum atomic E-state index is -2.91. The topological polar surface area (TPSA) is 4.93 Å². The molecular formula is C16H12ClF2N. The smallest absolute Gasteiger partial charge is 0.290 e. The summed E-state index contributed by atoms with van der Waals surface area (Å²) in [5.74, 6) is -2.91. The van der Waals surface area contributed by atoms with Crippen LogP contribution < -0.4 is 0 Å². The van der Waals surface area contributed by atoms with E-state index < -0.39 is 5.92 Å². The number of aromatic nitrogens is 1. The van der Waals surface area contributed by atoms with Crippen molar-refractivity contribution < 1.29 is 8.78 Å². The van der Waals surface area contributed by atoms with Crippen molar-refractivity contribution in [1.82, 2.24) is 4.57 Å². The van der Waals surface area contributed by atoms with Crippen LogP contribution in [0, 0.1) is 0 Å². The van der Waals surface area contributed by atoms with E-state index in [2.05, 4.69) is 0 Å². The Kier molecular flexibility index (Phi) is 3.22. The number of hydrogen-bond donors (Lipinski definition) is 0. The number of fused-ring (bicyclic) bond motifs is 1. The molecule has 102 valence electrons. The summed E-state index contributed by atoms with van der Waals surface area (Å²) < 4.78 is 30.1. The quantitative estimate of drug-likeness (QED) is 0.633. The largest absolute Gasteiger partial charge is 0.341 e. The molecule has 0 aliphatic heterocycles. The molecule has 0 amide bonds. The van der Waals surface area contributed by atoms with Crippen molar-refractivity contribution in [3.63, 3.8) is 0 Å². The molecule has 1 nitrogen and oxygen atoms in total. The van der Waals surface area contributed by atoms with Gasteiger partial charge >= 0.3 is 0 Å². The average Bonchev–Trinajstić information content (AvgIpc) is 2.81. The van der Waals surface area contributed by atoms with E-state index in [1.54, 1.807) is 53.2 Å². The Hall–Kier alpha value is -1.87. The van der Waals surface area contributed by atoms with Crippen LogP contribution in [0.1, 0.15) is 5.56 Å². The van der Waals surface area contributed by atoms with E-state index in [0.29, 0.717) is 5.02 Å². The van der Waals surface area contributed by atoms with Crippen molar-refractivity contribution in [3.05, 3.63) is 71.4 Å². The molecule has 3 rings (SSSR count). The fourth-order valence-electron chi connectivity index (χ4n) is 2.30. The van der Waals surface area contributed by atoms with Crippen LogP contribution in [0.3, 0.4) is 0 Å². The van der Waals surface area contributed by atoms with Crippen LogP contribution in [0.25, 0.3) is 10.9 Å². The molecule has 20 heavy (non-hydrogen) atoms. The van der Waals surface area contributed by atoms with Gasteiger partial charge in [-0.05, 0) is 24.3 Å². The molecule has 0 aliphatic carbocycles. The van der Waals surface area contributed by atoms with E-state index in [4.69, 9.17) is 11.6 Å². The van der Waals surface area contributed by atoms with Crippen LogP contribution >= 0.6 is 11.6 Å². The number of hydrogen-bond acceptors (Lipinski definition) is 0. The number of alkyl halides is 2. The molecule has 0 N–H and O–H groups in total. The maximum absolute atomic E-state index is 14.3. The third kappa shape index (κ3) is 2.41. The lowest BCUT2D eigenvalue weighted by molar-refractivity contribution is -0.0211. The van der Waals surface area contributed by atoms with Crippen LogP contribution in [0.5, 0.6) is 0 Å². The van der Waals surface area contributed by atoms with Gasteiger partial charge in [0.05, 0.1) is 6.54 Å². The van der Waals surface area contributed by atoms with Crippen LogP contribution in [0.2, 0.25) is 5.02 Å². The highest BCUT2D eigenvalue weighted by Crippen LogP contribution is 2.31. The number of benzene rings is 2.